The molecule has 0 heterocycles. The molecule has 0 spiro atoms. The predicted octanol–water partition coefficient (Wildman–Crippen LogP) is 3.33. The van der Waals surface area contributed by atoms with Crippen molar-refractivity contribution in [3.8, 4) is 11.5 Å². The van der Waals surface area contributed by atoms with Crippen LogP contribution in [0.25, 0.3) is 0 Å². The van der Waals surface area contributed by atoms with Gasteiger partial charge in [0.05, 0.1) is 25.4 Å². The Morgan fingerprint density at radius 3 is 2.20 bits per heavy atom. The van der Waals surface area contributed by atoms with Gasteiger partial charge in [-0.15, -0.1) is 0 Å². The fraction of sp³-hybridized carbons (Fsp3) is 0.625. The number of benzene rings is 1. The minimum Gasteiger partial charge on any atom is -0.490 e. The molecule has 0 fully saturated rings. The largest absolute Gasteiger partial charge is 0.490 e. The normalized spacial score (nSPS) is 13.1. The lowest BCUT2D eigenvalue weighted by atomic mass is 10.1. The maximum absolute atomic E-state index is 10.2. The van der Waals surface area contributed by atoms with Crippen molar-refractivity contribution in [2.75, 3.05) is 19.8 Å². The van der Waals surface area contributed by atoms with Crippen LogP contribution in [0.3, 0.4) is 0 Å². The zero-order valence-electron chi connectivity index (χ0n) is 13.1. The Balaban J connectivity index is 2.82. The highest BCUT2D eigenvalue weighted by Gasteiger charge is 2.16. The van der Waals surface area contributed by atoms with Crippen molar-refractivity contribution in [3.63, 3.8) is 0 Å². The smallest absolute Gasteiger partial charge is 0.161 e. The van der Waals surface area contributed by atoms with E-state index in [0.29, 0.717) is 24.7 Å². The van der Waals surface area contributed by atoms with Crippen molar-refractivity contribution in [3.05, 3.63) is 23.8 Å². The van der Waals surface area contributed by atoms with Crippen LogP contribution in [-0.4, -0.2) is 30.5 Å². The molecule has 1 atom stereocenters. The molecule has 1 aromatic carbocycles. The number of hydrogen-bond donors (Lipinski definition) is 1. The highest BCUT2D eigenvalue weighted by Crippen LogP contribution is 2.31. The van der Waals surface area contributed by atoms with Crippen LogP contribution >= 0.6 is 0 Å². The second kappa shape index (κ2) is 7.50. The summed E-state index contributed by atoms with van der Waals surface area (Å²) in [7, 11) is 0. The van der Waals surface area contributed by atoms with Crippen molar-refractivity contribution in [2.24, 2.45) is 0 Å². The van der Waals surface area contributed by atoms with Crippen molar-refractivity contribution >= 4 is 0 Å². The van der Waals surface area contributed by atoms with E-state index in [1.54, 1.807) is 0 Å². The van der Waals surface area contributed by atoms with Crippen molar-refractivity contribution in [1.82, 2.24) is 0 Å². The Morgan fingerprint density at radius 2 is 1.65 bits per heavy atom. The molecule has 0 aromatic heterocycles. The molecule has 20 heavy (non-hydrogen) atoms. The van der Waals surface area contributed by atoms with E-state index >= 15 is 0 Å². The summed E-state index contributed by atoms with van der Waals surface area (Å²) in [6.07, 6.45) is -0.677. The molecule has 1 aromatic rings. The van der Waals surface area contributed by atoms with Gasteiger partial charge in [-0.05, 0) is 52.3 Å². The highest BCUT2D eigenvalue weighted by atomic mass is 16.5. The first kappa shape index (κ1) is 16.8. The Kier molecular flexibility index (Phi) is 6.30. The van der Waals surface area contributed by atoms with E-state index in [1.165, 1.54) is 0 Å². The molecule has 0 bridgehead atoms. The second-order valence-corrected chi connectivity index (χ2v) is 5.51. The van der Waals surface area contributed by atoms with Gasteiger partial charge < -0.3 is 19.3 Å². The first-order valence-electron chi connectivity index (χ1n) is 7.09. The van der Waals surface area contributed by atoms with Crippen molar-refractivity contribution in [2.45, 2.75) is 46.3 Å². The minimum absolute atomic E-state index is 0.253. The van der Waals surface area contributed by atoms with Gasteiger partial charge in [-0.2, -0.15) is 0 Å². The minimum atomic E-state index is -0.677. The van der Waals surface area contributed by atoms with Gasteiger partial charge in [0.2, 0.25) is 0 Å². The first-order chi connectivity index (χ1) is 9.37. The summed E-state index contributed by atoms with van der Waals surface area (Å²) >= 11 is 0. The number of aliphatic hydroxyl groups excluding tert-OH is 1. The van der Waals surface area contributed by atoms with E-state index in [2.05, 4.69) is 0 Å². The second-order valence-electron chi connectivity index (χ2n) is 5.51. The van der Waals surface area contributed by atoms with Gasteiger partial charge in [0.25, 0.3) is 0 Å². The summed E-state index contributed by atoms with van der Waals surface area (Å²) < 4.78 is 16.7. The van der Waals surface area contributed by atoms with Crippen molar-refractivity contribution in [1.29, 1.82) is 0 Å². The van der Waals surface area contributed by atoms with Gasteiger partial charge in [0.15, 0.2) is 11.5 Å². The number of aliphatic hydroxyl groups is 1. The molecule has 0 amide bonds. The standard InChI is InChI=1S/C16H26O4/c1-6-18-14-9-8-12(10-15(14)19-7-2)13(17)11-20-16(3,4)5/h8-10,13,17H,6-7,11H2,1-5H3. The van der Waals surface area contributed by atoms with E-state index < -0.39 is 6.10 Å². The highest BCUT2D eigenvalue weighted by molar-refractivity contribution is 5.43. The fourth-order valence-corrected chi connectivity index (χ4v) is 1.70. The number of rotatable bonds is 7. The SMILES string of the molecule is CCOc1ccc(C(O)COC(C)(C)C)cc1OCC. The average molecular weight is 282 g/mol. The van der Waals surface area contributed by atoms with E-state index in [0.717, 1.165) is 5.56 Å². The molecule has 0 aliphatic rings. The molecular formula is C16H26O4. The van der Waals surface area contributed by atoms with Gasteiger partial charge in [-0.1, -0.05) is 6.07 Å². The van der Waals surface area contributed by atoms with E-state index in [9.17, 15) is 5.11 Å². The predicted molar refractivity (Wildman–Crippen MR) is 79.4 cm³/mol. The molecule has 1 rings (SSSR count). The average Bonchev–Trinajstić information content (AvgIpc) is 2.37. The monoisotopic (exact) mass is 282 g/mol. The topological polar surface area (TPSA) is 47.9 Å². The van der Waals surface area contributed by atoms with Crippen LogP contribution in [0.2, 0.25) is 0 Å². The van der Waals surface area contributed by atoms with Gasteiger partial charge in [-0.25, -0.2) is 0 Å². The molecule has 114 valence electrons. The summed E-state index contributed by atoms with van der Waals surface area (Å²) in [6.45, 7) is 11.1. The summed E-state index contributed by atoms with van der Waals surface area (Å²) in [4.78, 5) is 0. The molecule has 1 unspecified atom stereocenters. The summed E-state index contributed by atoms with van der Waals surface area (Å²) in [5, 5.41) is 10.2. The summed E-state index contributed by atoms with van der Waals surface area (Å²) in [5.74, 6) is 1.35. The van der Waals surface area contributed by atoms with Crippen LogP contribution in [0.4, 0.5) is 0 Å². The fourth-order valence-electron chi connectivity index (χ4n) is 1.70. The van der Waals surface area contributed by atoms with Crippen LogP contribution in [-0.2, 0) is 4.74 Å². The third kappa shape index (κ3) is 5.39. The van der Waals surface area contributed by atoms with Crippen LogP contribution in [0.15, 0.2) is 18.2 Å². The van der Waals surface area contributed by atoms with E-state index in [-0.39, 0.29) is 12.2 Å². The maximum Gasteiger partial charge on any atom is 0.161 e. The zero-order chi connectivity index (χ0) is 15.2. The Bertz CT molecular complexity index is 409. The van der Waals surface area contributed by atoms with Crippen LogP contribution in [0, 0.1) is 0 Å². The summed E-state index contributed by atoms with van der Waals surface area (Å²) in [6, 6.07) is 5.47. The lowest BCUT2D eigenvalue weighted by molar-refractivity contribution is -0.0496. The molecule has 0 saturated carbocycles. The molecule has 1 N–H and O–H groups in total. The number of hydrogen-bond acceptors (Lipinski definition) is 4. The lowest BCUT2D eigenvalue weighted by Gasteiger charge is -2.22. The van der Waals surface area contributed by atoms with Gasteiger partial charge in [-0.3, -0.25) is 0 Å². The zero-order valence-corrected chi connectivity index (χ0v) is 13.1. The van der Waals surface area contributed by atoms with Gasteiger partial charge in [0, 0.05) is 0 Å². The quantitative estimate of drug-likeness (QED) is 0.833. The third-order valence-electron chi connectivity index (χ3n) is 2.63. The molecule has 4 heteroatoms. The molecule has 0 saturated heterocycles. The lowest BCUT2D eigenvalue weighted by Crippen LogP contribution is -2.22. The first-order valence-corrected chi connectivity index (χ1v) is 7.09. The molecule has 0 aliphatic carbocycles. The Hall–Kier alpha value is -1.26. The van der Waals surface area contributed by atoms with Gasteiger partial charge in [0.1, 0.15) is 6.10 Å². The van der Waals surface area contributed by atoms with Crippen LogP contribution in [0.1, 0.15) is 46.3 Å². The summed E-state index contributed by atoms with van der Waals surface area (Å²) in [5.41, 5.74) is 0.496. The Morgan fingerprint density at radius 1 is 1.05 bits per heavy atom. The van der Waals surface area contributed by atoms with E-state index in [4.69, 9.17) is 14.2 Å². The van der Waals surface area contributed by atoms with E-state index in [1.807, 2.05) is 52.8 Å². The molecule has 0 radical (unpaired) electrons. The van der Waals surface area contributed by atoms with Gasteiger partial charge >= 0.3 is 0 Å². The molecule has 4 nitrogen and oxygen atoms in total. The number of ether oxygens (including phenoxy) is 3. The third-order valence-corrected chi connectivity index (χ3v) is 2.63. The molecular weight excluding hydrogens is 256 g/mol. The van der Waals surface area contributed by atoms with Crippen LogP contribution < -0.4 is 9.47 Å². The maximum atomic E-state index is 10.2. The van der Waals surface area contributed by atoms with Crippen molar-refractivity contribution < 1.29 is 19.3 Å². The Labute approximate surface area is 121 Å². The van der Waals surface area contributed by atoms with Crippen LogP contribution in [0.5, 0.6) is 11.5 Å². The molecule has 0 aliphatic heterocycles.